The van der Waals surface area contributed by atoms with Crippen molar-refractivity contribution < 1.29 is 14.8 Å². The standard InChI is InChI=1S/C26H28N6O3/c1-17(27)24(26(34)31-35)29-25(33)21-10-8-19(9-11-21)3-2-18-4-6-20(7-5-18)15-32-13-12-23-22(16-32)14-28-30-23/h4-11,14,17,24,35H,12-13,15-16,27H2,1H3,(H,28,30)(H,29,33)(H,31,34). The molecule has 4 rings (SSSR count). The molecule has 2 atom stereocenters. The summed E-state index contributed by atoms with van der Waals surface area (Å²) < 4.78 is 0. The largest absolute Gasteiger partial charge is 0.339 e. The van der Waals surface area contributed by atoms with Crippen LogP contribution in [0.4, 0.5) is 0 Å². The van der Waals surface area contributed by atoms with Crippen LogP contribution in [-0.2, 0) is 24.3 Å². The summed E-state index contributed by atoms with van der Waals surface area (Å²) in [6.45, 7) is 4.35. The number of nitrogens with one attached hydrogen (secondary N) is 3. The van der Waals surface area contributed by atoms with E-state index in [4.69, 9.17) is 10.9 Å². The summed E-state index contributed by atoms with van der Waals surface area (Å²) in [5, 5.41) is 18.5. The lowest BCUT2D eigenvalue weighted by atomic mass is 10.1. The van der Waals surface area contributed by atoms with Crippen molar-refractivity contribution in [2.45, 2.75) is 38.5 Å². The summed E-state index contributed by atoms with van der Waals surface area (Å²) in [4.78, 5) is 26.5. The van der Waals surface area contributed by atoms with E-state index in [-0.39, 0.29) is 0 Å². The number of hydroxylamine groups is 1. The van der Waals surface area contributed by atoms with Crippen LogP contribution in [-0.4, -0.2) is 50.7 Å². The quantitative estimate of drug-likeness (QED) is 0.209. The number of hydrogen-bond donors (Lipinski definition) is 5. The number of H-pyrrole nitrogens is 1. The lowest BCUT2D eigenvalue weighted by Crippen LogP contribution is -2.54. The minimum atomic E-state index is -1.05. The fraction of sp³-hybridized carbons (Fsp3) is 0.269. The van der Waals surface area contributed by atoms with Gasteiger partial charge < -0.3 is 11.1 Å². The molecule has 180 valence electrons. The Labute approximate surface area is 203 Å². The lowest BCUT2D eigenvalue weighted by Gasteiger charge is -2.26. The first-order valence-electron chi connectivity index (χ1n) is 11.4. The Hall–Kier alpha value is -3.97. The second-order valence-electron chi connectivity index (χ2n) is 8.65. The maximum atomic E-state index is 12.4. The van der Waals surface area contributed by atoms with Crippen molar-refractivity contribution in [3.63, 3.8) is 0 Å². The molecule has 0 saturated heterocycles. The van der Waals surface area contributed by atoms with E-state index in [1.165, 1.54) is 22.3 Å². The Kier molecular flexibility index (Phi) is 7.57. The van der Waals surface area contributed by atoms with E-state index in [2.05, 4.69) is 44.4 Å². The molecule has 35 heavy (non-hydrogen) atoms. The molecule has 1 aliphatic rings. The van der Waals surface area contributed by atoms with Gasteiger partial charge in [-0.2, -0.15) is 5.10 Å². The highest BCUT2D eigenvalue weighted by Crippen LogP contribution is 2.18. The fourth-order valence-corrected chi connectivity index (χ4v) is 3.95. The van der Waals surface area contributed by atoms with Gasteiger partial charge in [0, 0.05) is 60.0 Å². The van der Waals surface area contributed by atoms with Crippen LogP contribution in [0.1, 0.15) is 45.2 Å². The summed E-state index contributed by atoms with van der Waals surface area (Å²) in [6.07, 6.45) is 2.90. The summed E-state index contributed by atoms with van der Waals surface area (Å²) >= 11 is 0. The number of nitrogens with zero attached hydrogens (tertiary/aromatic N) is 2. The highest BCUT2D eigenvalue weighted by atomic mass is 16.5. The van der Waals surface area contributed by atoms with Crippen molar-refractivity contribution in [1.82, 2.24) is 25.9 Å². The molecule has 0 bridgehead atoms. The minimum absolute atomic E-state index is 0.358. The molecule has 0 spiro atoms. The van der Waals surface area contributed by atoms with Crippen molar-refractivity contribution in [2.75, 3.05) is 6.54 Å². The smallest absolute Gasteiger partial charge is 0.267 e. The van der Waals surface area contributed by atoms with Gasteiger partial charge in [-0.1, -0.05) is 24.0 Å². The van der Waals surface area contributed by atoms with Gasteiger partial charge in [-0.05, 0) is 48.9 Å². The van der Waals surface area contributed by atoms with E-state index < -0.39 is 23.9 Å². The van der Waals surface area contributed by atoms with Gasteiger partial charge in [0.2, 0.25) is 0 Å². The van der Waals surface area contributed by atoms with Gasteiger partial charge in [-0.25, -0.2) is 5.48 Å². The third-order valence-corrected chi connectivity index (χ3v) is 5.94. The van der Waals surface area contributed by atoms with Crippen molar-refractivity contribution in [2.24, 2.45) is 5.73 Å². The number of carbonyl (C=O) groups excluding carboxylic acids is 2. The minimum Gasteiger partial charge on any atom is -0.339 e. The molecule has 0 saturated carbocycles. The Bertz CT molecular complexity index is 1240. The molecule has 2 unspecified atom stereocenters. The second-order valence-corrected chi connectivity index (χ2v) is 8.65. The summed E-state index contributed by atoms with van der Waals surface area (Å²) in [5.74, 6) is 5.01. The first-order valence-corrected chi connectivity index (χ1v) is 11.4. The molecule has 2 heterocycles. The SMILES string of the molecule is CC(N)C(NC(=O)c1ccc(C#Cc2ccc(CN3CCc4[nH]ncc4C3)cc2)cc1)C(=O)NO. The Morgan fingerprint density at radius 2 is 1.80 bits per heavy atom. The normalized spacial score (nSPS) is 14.7. The van der Waals surface area contributed by atoms with Crippen LogP contribution in [0.25, 0.3) is 0 Å². The topological polar surface area (TPSA) is 136 Å². The number of aromatic nitrogens is 2. The summed E-state index contributed by atoms with van der Waals surface area (Å²) in [5.41, 5.74) is 13.0. The highest BCUT2D eigenvalue weighted by molar-refractivity contribution is 5.97. The number of benzene rings is 2. The highest BCUT2D eigenvalue weighted by Gasteiger charge is 2.24. The van der Waals surface area contributed by atoms with Crippen LogP contribution in [0.5, 0.6) is 0 Å². The summed E-state index contributed by atoms with van der Waals surface area (Å²) in [6, 6.07) is 13.2. The Morgan fingerprint density at radius 1 is 1.14 bits per heavy atom. The van der Waals surface area contributed by atoms with Gasteiger partial charge in [0.15, 0.2) is 0 Å². The number of hydrogen-bond acceptors (Lipinski definition) is 6. The maximum Gasteiger partial charge on any atom is 0.267 e. The molecule has 0 aliphatic carbocycles. The first-order chi connectivity index (χ1) is 16.9. The molecular weight excluding hydrogens is 444 g/mol. The monoisotopic (exact) mass is 472 g/mol. The predicted molar refractivity (Wildman–Crippen MR) is 130 cm³/mol. The van der Waals surface area contributed by atoms with E-state index in [0.29, 0.717) is 5.56 Å². The molecule has 6 N–H and O–H groups in total. The van der Waals surface area contributed by atoms with Crippen LogP contribution in [0.15, 0.2) is 54.7 Å². The van der Waals surface area contributed by atoms with E-state index >= 15 is 0 Å². The fourth-order valence-electron chi connectivity index (χ4n) is 3.95. The summed E-state index contributed by atoms with van der Waals surface area (Å²) in [7, 11) is 0. The average Bonchev–Trinajstić information content (AvgIpc) is 3.34. The van der Waals surface area contributed by atoms with E-state index in [1.807, 2.05) is 18.3 Å². The van der Waals surface area contributed by atoms with Gasteiger partial charge >= 0.3 is 0 Å². The first kappa shape index (κ1) is 24.2. The number of rotatable bonds is 6. The van der Waals surface area contributed by atoms with Crippen molar-refractivity contribution in [3.05, 3.63) is 88.2 Å². The van der Waals surface area contributed by atoms with Crippen LogP contribution in [0.2, 0.25) is 0 Å². The van der Waals surface area contributed by atoms with Crippen molar-refractivity contribution >= 4 is 11.8 Å². The molecule has 1 aliphatic heterocycles. The molecular formula is C26H28N6O3. The molecule has 1 aromatic heterocycles. The molecule has 9 heteroatoms. The molecule has 2 amide bonds. The van der Waals surface area contributed by atoms with Crippen molar-refractivity contribution in [1.29, 1.82) is 0 Å². The van der Waals surface area contributed by atoms with Crippen LogP contribution >= 0.6 is 0 Å². The second kappa shape index (κ2) is 11.0. The number of carbonyl (C=O) groups is 2. The third kappa shape index (κ3) is 6.13. The predicted octanol–water partition coefficient (Wildman–Crippen LogP) is 1.32. The number of nitrogens with two attached hydrogens (primary N) is 1. The van der Waals surface area contributed by atoms with Crippen LogP contribution < -0.4 is 16.5 Å². The van der Waals surface area contributed by atoms with E-state index in [1.54, 1.807) is 31.2 Å². The van der Waals surface area contributed by atoms with E-state index in [0.717, 1.165) is 37.2 Å². The number of fused-ring (bicyclic) bond motifs is 1. The van der Waals surface area contributed by atoms with E-state index in [9.17, 15) is 9.59 Å². The van der Waals surface area contributed by atoms with Crippen molar-refractivity contribution in [3.8, 4) is 11.8 Å². The zero-order chi connectivity index (χ0) is 24.8. The zero-order valence-electron chi connectivity index (χ0n) is 19.4. The molecule has 9 nitrogen and oxygen atoms in total. The van der Waals surface area contributed by atoms with Gasteiger partial charge in [0.05, 0.1) is 6.20 Å². The lowest BCUT2D eigenvalue weighted by molar-refractivity contribution is -0.131. The number of aromatic amines is 1. The van der Waals surface area contributed by atoms with Gasteiger partial charge in [0.1, 0.15) is 6.04 Å². The van der Waals surface area contributed by atoms with Crippen LogP contribution in [0, 0.1) is 11.8 Å². The Morgan fingerprint density at radius 3 is 2.43 bits per heavy atom. The molecule has 0 fully saturated rings. The number of amides is 2. The van der Waals surface area contributed by atoms with Gasteiger partial charge in [0.25, 0.3) is 11.8 Å². The molecule has 3 aromatic rings. The molecule has 2 aromatic carbocycles. The molecule has 0 radical (unpaired) electrons. The maximum absolute atomic E-state index is 12.4. The zero-order valence-corrected chi connectivity index (χ0v) is 19.4. The van der Waals surface area contributed by atoms with Crippen LogP contribution in [0.3, 0.4) is 0 Å². The van der Waals surface area contributed by atoms with Gasteiger partial charge in [-0.15, -0.1) is 0 Å². The Balaban J connectivity index is 1.33. The average molecular weight is 473 g/mol. The third-order valence-electron chi connectivity index (χ3n) is 5.94. The van der Waals surface area contributed by atoms with Gasteiger partial charge in [-0.3, -0.25) is 24.8 Å².